The molecule has 6 heteroatoms. The zero-order valence-corrected chi connectivity index (χ0v) is 17.1. The summed E-state index contributed by atoms with van der Waals surface area (Å²) in [6.45, 7) is 5.23. The molecule has 5 rings (SSSR count). The van der Waals surface area contributed by atoms with Gasteiger partial charge in [0.15, 0.2) is 18.0 Å². The van der Waals surface area contributed by atoms with Crippen LogP contribution in [0.25, 0.3) is 0 Å². The molecule has 0 spiro atoms. The number of epoxide rings is 1. The van der Waals surface area contributed by atoms with Gasteiger partial charge in [-0.1, -0.05) is 25.5 Å². The van der Waals surface area contributed by atoms with E-state index in [1.54, 1.807) is 12.2 Å². The summed E-state index contributed by atoms with van der Waals surface area (Å²) in [5, 5.41) is 11.3. The average molecular weight is 400 g/mol. The molecule has 0 aromatic heterocycles. The zero-order valence-electron chi connectivity index (χ0n) is 17.1. The highest BCUT2D eigenvalue weighted by atomic mass is 16.6. The number of allylic oxidation sites excluding steroid dienone is 4. The topological polar surface area (TPSA) is 93.2 Å². The summed E-state index contributed by atoms with van der Waals surface area (Å²) in [4.78, 5) is 36.1. The van der Waals surface area contributed by atoms with Crippen LogP contribution < -0.4 is 0 Å². The van der Waals surface area contributed by atoms with Crippen LogP contribution in [0.5, 0.6) is 0 Å². The highest BCUT2D eigenvalue weighted by Crippen LogP contribution is 2.73. The van der Waals surface area contributed by atoms with E-state index in [9.17, 15) is 19.5 Å². The predicted molar refractivity (Wildman–Crippen MR) is 103 cm³/mol. The molecule has 1 heterocycles. The Morgan fingerprint density at radius 3 is 2.83 bits per heavy atom. The summed E-state index contributed by atoms with van der Waals surface area (Å²) >= 11 is 0. The van der Waals surface area contributed by atoms with Gasteiger partial charge in [0.1, 0.15) is 0 Å². The Hall–Kier alpha value is -1.79. The van der Waals surface area contributed by atoms with Crippen molar-refractivity contribution in [3.63, 3.8) is 0 Å². The third-order valence-corrected chi connectivity index (χ3v) is 8.75. The monoisotopic (exact) mass is 400 g/mol. The molecule has 0 bridgehead atoms. The molecule has 0 radical (unpaired) electrons. The number of rotatable bonds is 3. The number of ether oxygens (including phenoxy) is 2. The van der Waals surface area contributed by atoms with Gasteiger partial charge in [-0.05, 0) is 49.7 Å². The Kier molecular flexibility index (Phi) is 3.89. The third-order valence-electron chi connectivity index (χ3n) is 8.75. The summed E-state index contributed by atoms with van der Waals surface area (Å²) in [6.07, 6.45) is 7.65. The average Bonchev–Trinajstić information content (AvgIpc) is 3.33. The first-order chi connectivity index (χ1) is 13.6. The number of fused-ring (bicyclic) bond motifs is 7. The molecular formula is C23H28O6. The molecule has 1 saturated heterocycles. The van der Waals surface area contributed by atoms with E-state index in [2.05, 4.69) is 13.8 Å². The van der Waals surface area contributed by atoms with Crippen LogP contribution in [0.3, 0.4) is 0 Å². The summed E-state index contributed by atoms with van der Waals surface area (Å²) in [5.74, 6) is -0.0776. The molecule has 8 atom stereocenters. The van der Waals surface area contributed by atoms with Crippen LogP contribution in [0, 0.1) is 28.6 Å². The SMILES string of the molecule is CC(=O)OCC(=O)[C@]12O[C@@H]1CC1C3CCC4=CC(=O)C=CC4(C)C3[C@@H](O)CC12C. The van der Waals surface area contributed by atoms with Gasteiger partial charge in [0, 0.05) is 23.7 Å². The lowest BCUT2D eigenvalue weighted by Crippen LogP contribution is -2.59. The van der Waals surface area contributed by atoms with Crippen molar-refractivity contribution in [2.75, 3.05) is 6.61 Å². The number of Topliss-reactive ketones (excluding diaryl/α,β-unsaturated/α-hetero) is 1. The number of hydrogen-bond acceptors (Lipinski definition) is 6. The van der Waals surface area contributed by atoms with Gasteiger partial charge in [-0.25, -0.2) is 0 Å². The minimum atomic E-state index is -0.936. The van der Waals surface area contributed by atoms with Crippen LogP contribution in [0.1, 0.15) is 46.5 Å². The Morgan fingerprint density at radius 1 is 1.34 bits per heavy atom. The summed E-state index contributed by atoms with van der Waals surface area (Å²) < 4.78 is 10.9. The van der Waals surface area contributed by atoms with Crippen LogP contribution >= 0.6 is 0 Å². The van der Waals surface area contributed by atoms with Crippen LogP contribution in [0.2, 0.25) is 0 Å². The van der Waals surface area contributed by atoms with E-state index in [0.717, 1.165) is 24.8 Å². The molecule has 6 nitrogen and oxygen atoms in total. The summed E-state index contributed by atoms with van der Waals surface area (Å²) in [6, 6.07) is 0. The molecular weight excluding hydrogens is 372 g/mol. The first kappa shape index (κ1) is 19.2. The standard InChI is InChI=1S/C23H28O6/c1-12(24)28-11-18(27)23-19(29-23)9-16-15-5-4-13-8-14(25)6-7-21(13,2)20(15)17(26)10-22(16,23)3/h6-8,15-17,19-20,26H,4-5,9-11H2,1-3H3/t15?,16?,17-,19+,20?,21?,22?,23-/m0/s1. The predicted octanol–water partition coefficient (Wildman–Crippen LogP) is 2.14. The first-order valence-corrected chi connectivity index (χ1v) is 10.6. The first-order valence-electron chi connectivity index (χ1n) is 10.6. The second-order valence-electron chi connectivity index (χ2n) is 9.99. The van der Waals surface area contributed by atoms with Crippen LogP contribution in [-0.4, -0.2) is 47.1 Å². The van der Waals surface area contributed by atoms with Gasteiger partial charge in [0.25, 0.3) is 0 Å². The van der Waals surface area contributed by atoms with Crippen LogP contribution in [0.4, 0.5) is 0 Å². The van der Waals surface area contributed by atoms with E-state index in [-0.39, 0.29) is 47.4 Å². The van der Waals surface area contributed by atoms with Gasteiger partial charge < -0.3 is 14.6 Å². The molecule has 0 aromatic rings. The minimum Gasteiger partial charge on any atom is -0.458 e. The normalized spacial score (nSPS) is 49.3. The quantitative estimate of drug-likeness (QED) is 0.576. The number of ketones is 2. The van der Waals surface area contributed by atoms with Gasteiger partial charge in [-0.3, -0.25) is 14.4 Å². The highest BCUT2D eigenvalue weighted by molar-refractivity contribution is 6.01. The molecule has 0 amide bonds. The fourth-order valence-corrected chi connectivity index (χ4v) is 7.51. The van der Waals surface area contributed by atoms with Crippen molar-refractivity contribution in [3.8, 4) is 0 Å². The number of aliphatic hydroxyl groups excluding tert-OH is 1. The molecule has 1 aliphatic heterocycles. The van der Waals surface area contributed by atoms with Gasteiger partial charge in [-0.15, -0.1) is 0 Å². The van der Waals surface area contributed by atoms with E-state index >= 15 is 0 Å². The molecule has 5 aliphatic rings. The number of carbonyl (C=O) groups is 3. The van der Waals surface area contributed by atoms with Crippen LogP contribution in [-0.2, 0) is 23.9 Å². The second kappa shape index (κ2) is 5.88. The summed E-state index contributed by atoms with van der Waals surface area (Å²) in [7, 11) is 0. The maximum atomic E-state index is 13.0. The molecule has 4 aliphatic carbocycles. The van der Waals surface area contributed by atoms with E-state index in [1.165, 1.54) is 6.92 Å². The van der Waals surface area contributed by atoms with E-state index < -0.39 is 23.1 Å². The largest absolute Gasteiger partial charge is 0.458 e. The summed E-state index contributed by atoms with van der Waals surface area (Å²) in [5.41, 5.74) is -0.607. The molecule has 3 saturated carbocycles. The van der Waals surface area contributed by atoms with Crippen molar-refractivity contribution in [1.29, 1.82) is 0 Å². The highest BCUT2D eigenvalue weighted by Gasteiger charge is 2.81. The second-order valence-corrected chi connectivity index (χ2v) is 9.99. The molecule has 0 aromatic carbocycles. The van der Waals surface area contributed by atoms with Gasteiger partial charge in [0.2, 0.25) is 5.78 Å². The maximum absolute atomic E-state index is 13.0. The van der Waals surface area contributed by atoms with Crippen molar-refractivity contribution in [2.45, 2.75) is 64.3 Å². The van der Waals surface area contributed by atoms with Crippen molar-refractivity contribution >= 4 is 17.5 Å². The smallest absolute Gasteiger partial charge is 0.303 e. The van der Waals surface area contributed by atoms with Crippen molar-refractivity contribution in [2.24, 2.45) is 28.6 Å². The third kappa shape index (κ3) is 2.33. The van der Waals surface area contributed by atoms with Crippen molar-refractivity contribution < 1.29 is 29.0 Å². The van der Waals surface area contributed by atoms with Crippen molar-refractivity contribution in [3.05, 3.63) is 23.8 Å². The Labute approximate surface area is 170 Å². The lowest BCUT2D eigenvalue weighted by atomic mass is 9.46. The van der Waals surface area contributed by atoms with Crippen molar-refractivity contribution in [1.82, 2.24) is 0 Å². The molecule has 1 N–H and O–H groups in total. The van der Waals surface area contributed by atoms with E-state index in [4.69, 9.17) is 9.47 Å². The number of hydrogen-bond donors (Lipinski definition) is 1. The Morgan fingerprint density at radius 2 is 2.10 bits per heavy atom. The fraction of sp³-hybridized carbons (Fsp3) is 0.696. The molecule has 5 unspecified atom stereocenters. The lowest BCUT2D eigenvalue weighted by Gasteiger charge is -2.59. The van der Waals surface area contributed by atoms with Gasteiger partial charge in [-0.2, -0.15) is 0 Å². The zero-order chi connectivity index (χ0) is 20.8. The van der Waals surface area contributed by atoms with Gasteiger partial charge in [0.05, 0.1) is 12.2 Å². The molecule has 156 valence electrons. The Bertz CT molecular complexity index is 873. The molecule has 4 fully saturated rings. The number of aliphatic hydroxyl groups is 1. The maximum Gasteiger partial charge on any atom is 0.303 e. The van der Waals surface area contributed by atoms with E-state index in [0.29, 0.717) is 6.42 Å². The molecule has 29 heavy (non-hydrogen) atoms. The van der Waals surface area contributed by atoms with E-state index in [1.807, 2.05) is 6.08 Å². The minimum absolute atomic E-state index is 0.0246. The fourth-order valence-electron chi connectivity index (χ4n) is 7.51. The van der Waals surface area contributed by atoms with Crippen LogP contribution in [0.15, 0.2) is 23.8 Å². The van der Waals surface area contributed by atoms with Gasteiger partial charge >= 0.3 is 5.97 Å². The Balaban J connectivity index is 1.48. The lowest BCUT2D eigenvalue weighted by molar-refractivity contribution is -0.160. The number of esters is 1. The number of carbonyl (C=O) groups excluding carboxylic acids is 3.